The maximum atomic E-state index is 12.2. The van der Waals surface area contributed by atoms with Crippen molar-refractivity contribution in [3.05, 3.63) is 48.0 Å². The van der Waals surface area contributed by atoms with Crippen LogP contribution in [0.4, 0.5) is 0 Å². The van der Waals surface area contributed by atoms with Gasteiger partial charge in [-0.2, -0.15) is 0 Å². The molecule has 0 aliphatic heterocycles. The summed E-state index contributed by atoms with van der Waals surface area (Å²) in [4.78, 5) is 12.2. The van der Waals surface area contributed by atoms with Crippen molar-refractivity contribution in [3.63, 3.8) is 0 Å². The molecule has 1 atom stereocenters. The number of carbonyl (C=O) groups excluding carboxylic acids is 1. The monoisotopic (exact) mass is 257 g/mol. The molecule has 1 unspecified atom stereocenters. The zero-order valence-electron chi connectivity index (χ0n) is 11.3. The van der Waals surface area contributed by atoms with Crippen LogP contribution in [0.5, 0.6) is 0 Å². The van der Waals surface area contributed by atoms with Gasteiger partial charge in [-0.25, -0.2) is 0 Å². The van der Waals surface area contributed by atoms with E-state index >= 15 is 0 Å². The predicted octanol–water partition coefficient (Wildman–Crippen LogP) is 2.73. The van der Waals surface area contributed by atoms with Crippen molar-refractivity contribution in [1.29, 1.82) is 0 Å². The number of benzene rings is 2. The van der Waals surface area contributed by atoms with Gasteiger partial charge in [-0.05, 0) is 36.2 Å². The molecule has 0 aromatic heterocycles. The molecule has 0 spiro atoms. The molecule has 0 aliphatic rings. The normalized spacial score (nSPS) is 14.1. The van der Waals surface area contributed by atoms with Crippen molar-refractivity contribution in [3.8, 4) is 0 Å². The number of aliphatic hydroxyl groups is 1. The minimum atomic E-state index is -0.567. The Morgan fingerprint density at radius 3 is 2.53 bits per heavy atom. The van der Waals surface area contributed by atoms with Gasteiger partial charge in [-0.15, -0.1) is 0 Å². The Hall–Kier alpha value is -1.87. The van der Waals surface area contributed by atoms with Crippen molar-refractivity contribution in [1.82, 2.24) is 5.32 Å². The Kier molecular flexibility index (Phi) is 3.86. The minimum Gasteiger partial charge on any atom is -0.394 e. The number of aliphatic hydroxyl groups excluding tert-OH is 1. The molecule has 2 rings (SSSR count). The lowest BCUT2D eigenvalue weighted by Gasteiger charge is -2.27. The highest BCUT2D eigenvalue weighted by Gasteiger charge is 2.23. The van der Waals surface area contributed by atoms with Gasteiger partial charge in [-0.1, -0.05) is 37.3 Å². The second-order valence-corrected chi connectivity index (χ2v) is 5.09. The van der Waals surface area contributed by atoms with Crippen LogP contribution >= 0.6 is 0 Å². The molecule has 0 heterocycles. The Morgan fingerprint density at radius 2 is 1.89 bits per heavy atom. The van der Waals surface area contributed by atoms with Gasteiger partial charge in [0.15, 0.2) is 0 Å². The molecule has 0 fully saturated rings. The molecule has 19 heavy (non-hydrogen) atoms. The Labute approximate surface area is 113 Å². The predicted molar refractivity (Wildman–Crippen MR) is 77.2 cm³/mol. The van der Waals surface area contributed by atoms with Gasteiger partial charge in [0, 0.05) is 5.56 Å². The quantitative estimate of drug-likeness (QED) is 0.884. The topological polar surface area (TPSA) is 49.3 Å². The van der Waals surface area contributed by atoms with Crippen LogP contribution < -0.4 is 5.32 Å². The molecule has 3 heteroatoms. The molecular weight excluding hydrogens is 238 g/mol. The number of fused-ring (bicyclic) bond motifs is 1. The van der Waals surface area contributed by atoms with Crippen molar-refractivity contribution in [2.24, 2.45) is 0 Å². The molecule has 2 aromatic carbocycles. The number of amides is 1. The summed E-state index contributed by atoms with van der Waals surface area (Å²) >= 11 is 0. The molecule has 0 bridgehead atoms. The third-order valence-electron chi connectivity index (χ3n) is 3.56. The second kappa shape index (κ2) is 5.41. The molecular formula is C16H19NO2. The average molecular weight is 257 g/mol. The van der Waals surface area contributed by atoms with Crippen LogP contribution in [0.2, 0.25) is 0 Å². The van der Waals surface area contributed by atoms with Crippen molar-refractivity contribution in [2.45, 2.75) is 25.8 Å². The summed E-state index contributed by atoms with van der Waals surface area (Å²) in [5.74, 6) is -0.149. The maximum absolute atomic E-state index is 12.2. The summed E-state index contributed by atoms with van der Waals surface area (Å²) in [6, 6.07) is 13.5. The van der Waals surface area contributed by atoms with Crippen LogP contribution in [-0.4, -0.2) is 23.2 Å². The van der Waals surface area contributed by atoms with E-state index in [4.69, 9.17) is 0 Å². The molecule has 1 amide bonds. The first-order valence-corrected chi connectivity index (χ1v) is 6.50. The van der Waals surface area contributed by atoms with Gasteiger partial charge in [-0.3, -0.25) is 4.79 Å². The standard InChI is InChI=1S/C16H19NO2/c1-3-16(2,11-18)17-15(19)14-9-8-12-6-4-5-7-13(12)10-14/h4-10,18H,3,11H2,1-2H3,(H,17,19). The zero-order chi connectivity index (χ0) is 13.9. The highest BCUT2D eigenvalue weighted by Crippen LogP contribution is 2.17. The fourth-order valence-corrected chi connectivity index (χ4v) is 1.92. The highest BCUT2D eigenvalue weighted by molar-refractivity contribution is 5.98. The van der Waals surface area contributed by atoms with E-state index in [1.54, 1.807) is 0 Å². The first kappa shape index (κ1) is 13.6. The number of hydrogen-bond acceptors (Lipinski definition) is 2. The van der Waals surface area contributed by atoms with Gasteiger partial charge < -0.3 is 10.4 Å². The summed E-state index contributed by atoms with van der Waals surface area (Å²) in [5, 5.41) is 14.4. The van der Waals surface area contributed by atoms with E-state index in [-0.39, 0.29) is 12.5 Å². The summed E-state index contributed by atoms with van der Waals surface area (Å²) < 4.78 is 0. The zero-order valence-corrected chi connectivity index (χ0v) is 11.3. The van der Waals surface area contributed by atoms with Gasteiger partial charge in [0.05, 0.1) is 12.1 Å². The number of nitrogens with one attached hydrogen (secondary N) is 1. The molecule has 0 saturated carbocycles. The summed E-state index contributed by atoms with van der Waals surface area (Å²) in [6.45, 7) is 3.71. The van der Waals surface area contributed by atoms with E-state index in [9.17, 15) is 9.90 Å². The first-order valence-electron chi connectivity index (χ1n) is 6.50. The third kappa shape index (κ3) is 2.93. The van der Waals surface area contributed by atoms with Crippen LogP contribution in [0.1, 0.15) is 30.6 Å². The van der Waals surface area contributed by atoms with Crippen LogP contribution in [0, 0.1) is 0 Å². The molecule has 2 aromatic rings. The lowest BCUT2D eigenvalue weighted by molar-refractivity contribution is 0.0847. The number of carbonyl (C=O) groups is 1. The molecule has 0 saturated heterocycles. The van der Waals surface area contributed by atoms with Crippen molar-refractivity contribution in [2.75, 3.05) is 6.61 Å². The number of hydrogen-bond donors (Lipinski definition) is 2. The van der Waals surface area contributed by atoms with Gasteiger partial charge in [0.1, 0.15) is 0 Å². The van der Waals surface area contributed by atoms with Crippen LogP contribution in [0.15, 0.2) is 42.5 Å². The lowest BCUT2D eigenvalue weighted by atomic mass is 9.99. The first-order chi connectivity index (χ1) is 9.08. The molecule has 2 N–H and O–H groups in total. The van der Waals surface area contributed by atoms with E-state index in [0.717, 1.165) is 10.8 Å². The van der Waals surface area contributed by atoms with Gasteiger partial charge in [0.25, 0.3) is 5.91 Å². The fourth-order valence-electron chi connectivity index (χ4n) is 1.92. The Morgan fingerprint density at radius 1 is 1.21 bits per heavy atom. The van der Waals surface area contributed by atoms with Crippen LogP contribution in [0.25, 0.3) is 10.8 Å². The van der Waals surface area contributed by atoms with E-state index in [1.165, 1.54) is 0 Å². The highest BCUT2D eigenvalue weighted by atomic mass is 16.3. The van der Waals surface area contributed by atoms with Gasteiger partial charge >= 0.3 is 0 Å². The molecule has 3 nitrogen and oxygen atoms in total. The molecule has 100 valence electrons. The largest absolute Gasteiger partial charge is 0.394 e. The maximum Gasteiger partial charge on any atom is 0.251 e. The molecule has 0 radical (unpaired) electrons. The summed E-state index contributed by atoms with van der Waals surface area (Å²) in [6.07, 6.45) is 0.683. The number of rotatable bonds is 4. The van der Waals surface area contributed by atoms with Crippen LogP contribution in [-0.2, 0) is 0 Å². The third-order valence-corrected chi connectivity index (χ3v) is 3.56. The van der Waals surface area contributed by atoms with Crippen LogP contribution in [0.3, 0.4) is 0 Å². The van der Waals surface area contributed by atoms with Gasteiger partial charge in [0.2, 0.25) is 0 Å². The second-order valence-electron chi connectivity index (χ2n) is 5.09. The fraction of sp³-hybridized carbons (Fsp3) is 0.312. The average Bonchev–Trinajstić information content (AvgIpc) is 2.46. The molecule has 0 aliphatic carbocycles. The Bertz CT molecular complexity index is 588. The van der Waals surface area contributed by atoms with E-state index in [0.29, 0.717) is 12.0 Å². The van der Waals surface area contributed by atoms with E-state index < -0.39 is 5.54 Å². The Balaban J connectivity index is 2.26. The van der Waals surface area contributed by atoms with E-state index in [2.05, 4.69) is 5.32 Å². The van der Waals surface area contributed by atoms with Crippen molar-refractivity contribution >= 4 is 16.7 Å². The van der Waals surface area contributed by atoms with E-state index in [1.807, 2.05) is 56.3 Å². The minimum absolute atomic E-state index is 0.0666. The lowest BCUT2D eigenvalue weighted by Crippen LogP contribution is -2.48. The van der Waals surface area contributed by atoms with Crippen molar-refractivity contribution < 1.29 is 9.90 Å². The summed E-state index contributed by atoms with van der Waals surface area (Å²) in [5.41, 5.74) is 0.0507. The summed E-state index contributed by atoms with van der Waals surface area (Å²) in [7, 11) is 0. The SMILES string of the molecule is CCC(C)(CO)NC(=O)c1ccc2ccccc2c1. The smallest absolute Gasteiger partial charge is 0.251 e.